The maximum Gasteiger partial charge on any atom is 0.318 e. The third-order valence-corrected chi connectivity index (χ3v) is 4.39. The number of aromatic nitrogens is 2. The standard InChI is InChI=1S/C15H20N4OS/c1-4-13(12-5-7-16-8-6-12)19(3)15(20)18-11(2)14-17-9-10-21-14/h5-11,13H,4H2,1-3H3,(H,18,20)/t11-,13-/m0/s1. The van der Waals surface area contributed by atoms with Gasteiger partial charge in [-0.25, -0.2) is 9.78 Å². The minimum atomic E-state index is -0.0960. The van der Waals surface area contributed by atoms with Crippen LogP contribution in [0, 0.1) is 0 Å². The molecule has 0 radical (unpaired) electrons. The largest absolute Gasteiger partial charge is 0.329 e. The number of rotatable bonds is 5. The molecule has 21 heavy (non-hydrogen) atoms. The first-order chi connectivity index (χ1) is 10.1. The smallest absolute Gasteiger partial charge is 0.318 e. The van der Waals surface area contributed by atoms with E-state index in [9.17, 15) is 4.79 Å². The summed E-state index contributed by atoms with van der Waals surface area (Å²) in [7, 11) is 1.82. The Labute approximate surface area is 129 Å². The SMILES string of the molecule is CC[C@@H](c1ccncc1)N(C)C(=O)N[C@@H](C)c1nccs1. The Bertz CT molecular complexity index is 558. The van der Waals surface area contributed by atoms with Crippen molar-refractivity contribution in [2.75, 3.05) is 7.05 Å². The topological polar surface area (TPSA) is 58.1 Å². The lowest BCUT2D eigenvalue weighted by molar-refractivity contribution is 0.185. The molecule has 5 nitrogen and oxygen atoms in total. The fourth-order valence-corrected chi connectivity index (χ4v) is 2.90. The average Bonchev–Trinajstić information content (AvgIpc) is 3.03. The molecule has 112 valence electrons. The van der Waals surface area contributed by atoms with Crippen molar-refractivity contribution in [2.45, 2.75) is 32.4 Å². The van der Waals surface area contributed by atoms with Crippen LogP contribution in [0.25, 0.3) is 0 Å². The molecule has 0 saturated carbocycles. The Kier molecular flexibility index (Phi) is 5.27. The molecule has 2 heterocycles. The highest BCUT2D eigenvalue weighted by Gasteiger charge is 2.22. The van der Waals surface area contributed by atoms with Crippen LogP contribution in [0.3, 0.4) is 0 Å². The molecule has 6 heteroatoms. The summed E-state index contributed by atoms with van der Waals surface area (Å²) >= 11 is 1.54. The van der Waals surface area contributed by atoms with Gasteiger partial charge in [-0.05, 0) is 31.0 Å². The van der Waals surface area contributed by atoms with Gasteiger partial charge in [0.1, 0.15) is 5.01 Å². The normalized spacial score (nSPS) is 13.5. The Morgan fingerprint density at radius 1 is 1.38 bits per heavy atom. The summed E-state index contributed by atoms with van der Waals surface area (Å²) < 4.78 is 0. The summed E-state index contributed by atoms with van der Waals surface area (Å²) in [6.45, 7) is 4.01. The van der Waals surface area contributed by atoms with Crippen molar-refractivity contribution in [3.05, 3.63) is 46.7 Å². The number of amides is 2. The first kappa shape index (κ1) is 15.4. The Morgan fingerprint density at radius 3 is 2.67 bits per heavy atom. The van der Waals surface area contributed by atoms with E-state index in [1.54, 1.807) is 34.8 Å². The fourth-order valence-electron chi connectivity index (χ4n) is 2.26. The average molecular weight is 304 g/mol. The zero-order chi connectivity index (χ0) is 15.2. The van der Waals surface area contributed by atoms with Crippen LogP contribution in [0.4, 0.5) is 4.79 Å². The molecule has 2 amide bonds. The number of hydrogen-bond donors (Lipinski definition) is 1. The zero-order valence-electron chi connectivity index (χ0n) is 12.5. The van der Waals surface area contributed by atoms with Gasteiger partial charge in [-0.15, -0.1) is 11.3 Å². The molecule has 1 N–H and O–H groups in total. The van der Waals surface area contributed by atoms with E-state index in [0.717, 1.165) is 17.0 Å². The minimum absolute atomic E-state index is 0.0384. The van der Waals surface area contributed by atoms with E-state index in [2.05, 4.69) is 22.2 Å². The molecule has 0 aliphatic carbocycles. The lowest BCUT2D eigenvalue weighted by atomic mass is 10.1. The lowest BCUT2D eigenvalue weighted by Crippen LogP contribution is -2.40. The monoisotopic (exact) mass is 304 g/mol. The predicted molar refractivity (Wildman–Crippen MR) is 84.1 cm³/mol. The van der Waals surface area contributed by atoms with E-state index in [-0.39, 0.29) is 18.1 Å². The Hall–Kier alpha value is -1.95. The van der Waals surface area contributed by atoms with Crippen LogP contribution in [0.1, 0.15) is 42.9 Å². The number of nitrogens with one attached hydrogen (secondary N) is 1. The summed E-state index contributed by atoms with van der Waals surface area (Å²) in [5, 5.41) is 5.81. The summed E-state index contributed by atoms with van der Waals surface area (Å²) in [5.41, 5.74) is 1.09. The minimum Gasteiger partial charge on any atom is -0.329 e. The quantitative estimate of drug-likeness (QED) is 0.921. The highest BCUT2D eigenvalue weighted by atomic mass is 32.1. The number of urea groups is 1. The molecule has 2 aromatic heterocycles. The van der Waals surface area contributed by atoms with E-state index in [1.807, 2.05) is 31.5 Å². The lowest BCUT2D eigenvalue weighted by Gasteiger charge is -2.28. The van der Waals surface area contributed by atoms with E-state index < -0.39 is 0 Å². The molecule has 0 fully saturated rings. The van der Waals surface area contributed by atoms with Gasteiger partial charge in [-0.3, -0.25) is 4.98 Å². The number of hydrogen-bond acceptors (Lipinski definition) is 4. The van der Waals surface area contributed by atoms with Gasteiger partial charge < -0.3 is 10.2 Å². The molecular formula is C15H20N4OS. The maximum atomic E-state index is 12.4. The second-order valence-corrected chi connectivity index (χ2v) is 5.78. The van der Waals surface area contributed by atoms with Crippen molar-refractivity contribution < 1.29 is 4.79 Å². The molecular weight excluding hydrogens is 284 g/mol. The van der Waals surface area contributed by atoms with Gasteiger partial charge in [-0.1, -0.05) is 6.92 Å². The first-order valence-corrected chi connectivity index (χ1v) is 7.84. The predicted octanol–water partition coefficient (Wildman–Crippen LogP) is 3.39. The van der Waals surface area contributed by atoms with E-state index in [1.165, 1.54) is 0 Å². The molecule has 2 aromatic rings. The molecule has 0 aliphatic rings. The van der Waals surface area contributed by atoms with Crippen molar-refractivity contribution in [1.29, 1.82) is 0 Å². The van der Waals surface area contributed by atoms with Crippen LogP contribution in [-0.4, -0.2) is 27.9 Å². The summed E-state index contributed by atoms with van der Waals surface area (Å²) in [6, 6.07) is 3.75. The highest BCUT2D eigenvalue weighted by molar-refractivity contribution is 7.09. The summed E-state index contributed by atoms with van der Waals surface area (Å²) in [5.74, 6) is 0. The molecule has 2 rings (SSSR count). The second kappa shape index (κ2) is 7.17. The highest BCUT2D eigenvalue weighted by Crippen LogP contribution is 2.23. The van der Waals surface area contributed by atoms with Gasteiger partial charge in [-0.2, -0.15) is 0 Å². The van der Waals surface area contributed by atoms with Crippen molar-refractivity contribution in [1.82, 2.24) is 20.2 Å². The van der Waals surface area contributed by atoms with Crippen LogP contribution < -0.4 is 5.32 Å². The van der Waals surface area contributed by atoms with Crippen molar-refractivity contribution in [2.24, 2.45) is 0 Å². The van der Waals surface area contributed by atoms with Gasteiger partial charge in [0.05, 0.1) is 12.1 Å². The van der Waals surface area contributed by atoms with Crippen molar-refractivity contribution in [3.63, 3.8) is 0 Å². The molecule has 0 spiro atoms. The molecule has 0 aliphatic heterocycles. The van der Waals surface area contributed by atoms with Gasteiger partial charge in [0.15, 0.2) is 0 Å². The summed E-state index contributed by atoms with van der Waals surface area (Å²) in [6.07, 6.45) is 6.10. The third kappa shape index (κ3) is 3.78. The third-order valence-electron chi connectivity index (χ3n) is 3.43. The zero-order valence-corrected chi connectivity index (χ0v) is 13.3. The van der Waals surface area contributed by atoms with Crippen LogP contribution in [0.5, 0.6) is 0 Å². The number of carbonyl (C=O) groups is 1. The molecule has 0 unspecified atom stereocenters. The van der Waals surface area contributed by atoms with Gasteiger partial charge in [0.2, 0.25) is 0 Å². The van der Waals surface area contributed by atoms with Gasteiger partial charge in [0.25, 0.3) is 0 Å². The Morgan fingerprint density at radius 2 is 2.10 bits per heavy atom. The molecule has 2 atom stereocenters. The van der Waals surface area contributed by atoms with E-state index >= 15 is 0 Å². The van der Waals surface area contributed by atoms with Gasteiger partial charge in [0, 0.05) is 31.0 Å². The van der Waals surface area contributed by atoms with Crippen LogP contribution in [0.2, 0.25) is 0 Å². The van der Waals surface area contributed by atoms with Crippen molar-refractivity contribution >= 4 is 17.4 Å². The second-order valence-electron chi connectivity index (χ2n) is 4.86. The van der Waals surface area contributed by atoms with Gasteiger partial charge >= 0.3 is 6.03 Å². The van der Waals surface area contributed by atoms with Crippen LogP contribution in [-0.2, 0) is 0 Å². The number of pyridine rings is 1. The number of carbonyl (C=O) groups excluding carboxylic acids is 1. The Balaban J connectivity index is 2.04. The van der Waals surface area contributed by atoms with E-state index in [4.69, 9.17) is 0 Å². The molecule has 0 saturated heterocycles. The molecule has 0 bridgehead atoms. The van der Waals surface area contributed by atoms with Crippen molar-refractivity contribution in [3.8, 4) is 0 Å². The number of thiazole rings is 1. The van der Waals surface area contributed by atoms with Crippen LogP contribution >= 0.6 is 11.3 Å². The van der Waals surface area contributed by atoms with E-state index in [0.29, 0.717) is 0 Å². The molecule has 0 aromatic carbocycles. The fraction of sp³-hybridized carbons (Fsp3) is 0.400. The maximum absolute atomic E-state index is 12.4. The first-order valence-electron chi connectivity index (χ1n) is 6.96. The number of nitrogens with zero attached hydrogens (tertiary/aromatic N) is 3. The summed E-state index contributed by atoms with van der Waals surface area (Å²) in [4.78, 5) is 22.4. The van der Waals surface area contributed by atoms with Crippen LogP contribution in [0.15, 0.2) is 36.1 Å².